The summed E-state index contributed by atoms with van der Waals surface area (Å²) >= 11 is 7.24. The van der Waals surface area contributed by atoms with E-state index in [-0.39, 0.29) is 17.3 Å². The van der Waals surface area contributed by atoms with Crippen LogP contribution in [0.2, 0.25) is 0 Å². The van der Waals surface area contributed by atoms with Gasteiger partial charge in [0, 0.05) is 5.56 Å². The molecule has 0 unspecified atom stereocenters. The molecule has 0 radical (unpaired) electrons. The van der Waals surface area contributed by atoms with E-state index >= 15 is 0 Å². The van der Waals surface area contributed by atoms with E-state index in [9.17, 15) is 19.2 Å². The molecule has 180 valence electrons. The highest BCUT2D eigenvalue weighted by molar-refractivity contribution is 14.1. The summed E-state index contributed by atoms with van der Waals surface area (Å²) in [5, 5.41) is 11.7. The minimum absolute atomic E-state index is 0.0951. The number of hydrogen-bond acceptors (Lipinski definition) is 6. The van der Waals surface area contributed by atoms with Crippen molar-refractivity contribution in [1.82, 2.24) is 5.32 Å². The number of anilines is 1. The lowest BCUT2D eigenvalue weighted by Gasteiger charge is -2.29. The normalized spacial score (nSPS) is 14.4. The molecule has 1 aliphatic rings. The number of hydrogen-bond donors (Lipinski definition) is 1. The summed E-state index contributed by atoms with van der Waals surface area (Å²) in [5.74, 6) is -0.906. The molecule has 1 N–H and O–H groups in total. The van der Waals surface area contributed by atoms with E-state index in [0.29, 0.717) is 31.9 Å². The predicted octanol–water partition coefficient (Wildman–Crippen LogP) is 4.72. The van der Waals surface area contributed by atoms with Crippen molar-refractivity contribution in [2.45, 2.75) is 6.61 Å². The molecule has 2 amide bonds. The van der Waals surface area contributed by atoms with Gasteiger partial charge in [0.1, 0.15) is 18.0 Å². The monoisotopic (exact) mass is 613 g/mol. The van der Waals surface area contributed by atoms with Crippen molar-refractivity contribution >= 4 is 63.5 Å². The minimum Gasteiger partial charge on any atom is -0.493 e. The van der Waals surface area contributed by atoms with E-state index in [1.807, 2.05) is 6.07 Å². The van der Waals surface area contributed by atoms with Crippen molar-refractivity contribution in [3.63, 3.8) is 0 Å². The van der Waals surface area contributed by atoms with Gasteiger partial charge < -0.3 is 9.47 Å². The Kier molecular flexibility index (Phi) is 7.61. The van der Waals surface area contributed by atoms with Gasteiger partial charge in [-0.2, -0.15) is 5.26 Å². The first-order valence-electron chi connectivity index (χ1n) is 10.5. The molecule has 0 spiro atoms. The van der Waals surface area contributed by atoms with E-state index < -0.39 is 17.6 Å². The molecular weight excluding hydrogens is 596 g/mol. The fraction of sp³-hybridized carbons (Fsp3) is 0.0769. The van der Waals surface area contributed by atoms with Crippen LogP contribution in [0, 0.1) is 20.7 Å². The molecule has 3 aromatic carbocycles. The average molecular weight is 613 g/mol. The topological polar surface area (TPSA) is 91.7 Å². The first-order valence-corrected chi connectivity index (χ1v) is 12.0. The summed E-state index contributed by atoms with van der Waals surface area (Å²) in [6, 6.07) is 17.8. The zero-order valence-corrected chi connectivity index (χ0v) is 21.7. The van der Waals surface area contributed by atoms with Crippen LogP contribution in [0.25, 0.3) is 6.08 Å². The van der Waals surface area contributed by atoms with Crippen LogP contribution in [0.3, 0.4) is 0 Å². The number of thiocarbonyl (C=S) groups is 1. The number of rotatable bonds is 6. The summed E-state index contributed by atoms with van der Waals surface area (Å²) in [5.41, 5.74) is 1.93. The standard InChI is InChI=1S/C26H17FIN3O4S/c1-34-22-12-15(11-21(28)23(22)35-14-17-5-3-2-4-16(17)13-29)10-20-24(32)30-26(36)31(25(20)33)19-8-6-18(27)7-9-19/h2-12H,14H2,1H3,(H,30,32,36)/b20-10-. The Morgan fingerprint density at radius 2 is 1.89 bits per heavy atom. The van der Waals surface area contributed by atoms with Crippen LogP contribution < -0.4 is 19.7 Å². The molecule has 1 saturated heterocycles. The molecule has 0 aromatic heterocycles. The number of amides is 2. The van der Waals surface area contributed by atoms with Crippen LogP contribution >= 0.6 is 34.8 Å². The van der Waals surface area contributed by atoms with Crippen LogP contribution in [0.1, 0.15) is 16.7 Å². The molecule has 1 aliphatic heterocycles. The number of carbonyl (C=O) groups excluding carboxylic acids is 2. The lowest BCUT2D eigenvalue weighted by molar-refractivity contribution is -0.122. The van der Waals surface area contributed by atoms with Gasteiger partial charge in [-0.25, -0.2) is 4.39 Å². The van der Waals surface area contributed by atoms with Crippen molar-refractivity contribution in [3.8, 4) is 17.6 Å². The fourth-order valence-electron chi connectivity index (χ4n) is 3.52. The summed E-state index contributed by atoms with van der Waals surface area (Å²) in [6.07, 6.45) is 1.43. The van der Waals surface area contributed by atoms with Crippen LogP contribution in [-0.2, 0) is 16.2 Å². The van der Waals surface area contributed by atoms with E-state index in [0.717, 1.165) is 10.5 Å². The second kappa shape index (κ2) is 10.8. The second-order valence-electron chi connectivity index (χ2n) is 7.53. The lowest BCUT2D eigenvalue weighted by Crippen LogP contribution is -2.54. The van der Waals surface area contributed by atoms with Crippen molar-refractivity contribution in [1.29, 1.82) is 5.26 Å². The molecule has 0 atom stereocenters. The van der Waals surface area contributed by atoms with E-state index in [4.69, 9.17) is 21.7 Å². The van der Waals surface area contributed by atoms with Gasteiger partial charge >= 0.3 is 0 Å². The fourth-order valence-corrected chi connectivity index (χ4v) is 4.58. The molecule has 1 heterocycles. The van der Waals surface area contributed by atoms with Gasteiger partial charge in [-0.3, -0.25) is 19.8 Å². The molecule has 4 rings (SSSR count). The van der Waals surface area contributed by atoms with Crippen LogP contribution in [0.4, 0.5) is 10.1 Å². The first-order chi connectivity index (χ1) is 17.3. The van der Waals surface area contributed by atoms with Gasteiger partial charge in [0.2, 0.25) is 0 Å². The quantitative estimate of drug-likeness (QED) is 0.187. The number of benzene rings is 3. The van der Waals surface area contributed by atoms with Crippen LogP contribution in [-0.4, -0.2) is 24.0 Å². The van der Waals surface area contributed by atoms with Crippen LogP contribution in [0.15, 0.2) is 66.2 Å². The molecule has 10 heteroatoms. The second-order valence-corrected chi connectivity index (χ2v) is 9.07. The highest BCUT2D eigenvalue weighted by atomic mass is 127. The SMILES string of the molecule is COc1cc(/C=C2/C(=O)NC(=S)N(c3ccc(F)cc3)C2=O)cc(I)c1OCc1ccccc1C#N. The third-order valence-electron chi connectivity index (χ3n) is 5.26. The van der Waals surface area contributed by atoms with Gasteiger partial charge in [-0.05, 0) is 88.9 Å². The summed E-state index contributed by atoms with van der Waals surface area (Å²) in [4.78, 5) is 26.9. The van der Waals surface area contributed by atoms with E-state index in [1.54, 1.807) is 30.3 Å². The largest absolute Gasteiger partial charge is 0.493 e. The Morgan fingerprint density at radius 3 is 2.58 bits per heavy atom. The summed E-state index contributed by atoms with van der Waals surface area (Å²) in [7, 11) is 1.48. The molecule has 36 heavy (non-hydrogen) atoms. The molecule has 7 nitrogen and oxygen atoms in total. The van der Waals surface area contributed by atoms with Crippen molar-refractivity contribution in [2.24, 2.45) is 0 Å². The molecule has 1 fully saturated rings. The number of ether oxygens (including phenoxy) is 2. The Bertz CT molecular complexity index is 1450. The number of nitrogens with zero attached hydrogens (tertiary/aromatic N) is 2. The smallest absolute Gasteiger partial charge is 0.270 e. The Labute approximate surface area is 225 Å². The van der Waals surface area contributed by atoms with E-state index in [2.05, 4.69) is 34.0 Å². The lowest BCUT2D eigenvalue weighted by atomic mass is 10.1. The number of halogens is 2. The molecule has 3 aromatic rings. The molecular formula is C26H17FIN3O4S. The maximum Gasteiger partial charge on any atom is 0.270 e. The highest BCUT2D eigenvalue weighted by Gasteiger charge is 2.34. The van der Waals surface area contributed by atoms with Gasteiger partial charge in [-0.1, -0.05) is 18.2 Å². The third-order valence-corrected chi connectivity index (χ3v) is 6.35. The number of nitriles is 1. The maximum absolute atomic E-state index is 13.4. The zero-order chi connectivity index (χ0) is 25.8. The summed E-state index contributed by atoms with van der Waals surface area (Å²) in [6.45, 7) is 0.154. The molecule has 0 bridgehead atoms. The summed E-state index contributed by atoms with van der Waals surface area (Å²) < 4.78 is 25.5. The van der Waals surface area contributed by atoms with Crippen molar-refractivity contribution in [2.75, 3.05) is 12.0 Å². The van der Waals surface area contributed by atoms with Gasteiger partial charge in [0.05, 0.1) is 28.0 Å². The maximum atomic E-state index is 13.4. The van der Waals surface area contributed by atoms with Crippen molar-refractivity contribution in [3.05, 3.63) is 92.3 Å². The average Bonchev–Trinajstić information content (AvgIpc) is 2.86. The van der Waals surface area contributed by atoms with Crippen LogP contribution in [0.5, 0.6) is 11.5 Å². The minimum atomic E-state index is -0.647. The Hall–Kier alpha value is -3.82. The van der Waals surface area contributed by atoms with Crippen molar-refractivity contribution < 1.29 is 23.5 Å². The Morgan fingerprint density at radius 1 is 1.17 bits per heavy atom. The molecule has 0 saturated carbocycles. The predicted molar refractivity (Wildman–Crippen MR) is 144 cm³/mol. The van der Waals surface area contributed by atoms with Gasteiger partial charge in [0.25, 0.3) is 11.8 Å². The number of methoxy groups -OCH3 is 1. The molecule has 0 aliphatic carbocycles. The Balaban J connectivity index is 1.65. The van der Waals surface area contributed by atoms with Gasteiger partial charge in [0.15, 0.2) is 16.6 Å². The van der Waals surface area contributed by atoms with Gasteiger partial charge in [-0.15, -0.1) is 0 Å². The number of carbonyl (C=O) groups is 2. The zero-order valence-electron chi connectivity index (χ0n) is 18.7. The first kappa shape index (κ1) is 25.3. The third kappa shape index (κ3) is 5.22. The van der Waals surface area contributed by atoms with E-state index in [1.165, 1.54) is 37.5 Å². The number of nitrogens with one attached hydrogen (secondary N) is 1. The highest BCUT2D eigenvalue weighted by Crippen LogP contribution is 2.36.